The van der Waals surface area contributed by atoms with Gasteiger partial charge in [0.1, 0.15) is 0 Å². The molecule has 2 rings (SSSR count). The summed E-state index contributed by atoms with van der Waals surface area (Å²) >= 11 is 3.42. The minimum Gasteiger partial charge on any atom is -0.481 e. The van der Waals surface area contributed by atoms with Crippen LogP contribution in [0.5, 0.6) is 5.88 Å². The number of benzene rings is 1. The van der Waals surface area contributed by atoms with Gasteiger partial charge in [-0.05, 0) is 18.2 Å². The molecular weight excluding hydrogens is 284 g/mol. The fraction of sp³-hybridized carbons (Fsp3) is 0.250. The van der Waals surface area contributed by atoms with Crippen LogP contribution in [0.2, 0.25) is 0 Å². The number of hydrogen-bond donors (Lipinski definition) is 1. The summed E-state index contributed by atoms with van der Waals surface area (Å²) in [5, 5.41) is 13.2. The van der Waals surface area contributed by atoms with Crippen LogP contribution in [0, 0.1) is 0 Å². The number of methoxy groups -OCH3 is 1. The zero-order valence-corrected chi connectivity index (χ0v) is 11.0. The minimum absolute atomic E-state index is 0.0839. The third-order valence-corrected chi connectivity index (χ3v) is 2.92. The summed E-state index contributed by atoms with van der Waals surface area (Å²) in [5.41, 5.74) is 1.82. The molecule has 1 aromatic heterocycles. The number of hydrogen-bond acceptors (Lipinski definition) is 3. The molecule has 0 radical (unpaired) electrons. The molecule has 1 N–H and O–H groups in total. The molecule has 0 amide bonds. The molecule has 0 fully saturated rings. The first-order chi connectivity index (χ1) is 8.26. The van der Waals surface area contributed by atoms with Crippen LogP contribution in [-0.2, 0) is 6.42 Å². The van der Waals surface area contributed by atoms with Gasteiger partial charge < -0.3 is 9.84 Å². The number of rotatable bonds is 4. The smallest absolute Gasteiger partial charge is 0.219 e. The third-order valence-electron chi connectivity index (χ3n) is 2.42. The maximum Gasteiger partial charge on any atom is 0.219 e. The van der Waals surface area contributed by atoms with Gasteiger partial charge in [0, 0.05) is 23.1 Å². The maximum absolute atomic E-state index is 8.96. The van der Waals surface area contributed by atoms with E-state index in [0.717, 1.165) is 15.7 Å². The molecule has 0 unspecified atom stereocenters. The van der Waals surface area contributed by atoms with Crippen molar-refractivity contribution in [1.82, 2.24) is 9.78 Å². The molecule has 1 heterocycles. The summed E-state index contributed by atoms with van der Waals surface area (Å²) in [6, 6.07) is 7.79. The quantitative estimate of drug-likeness (QED) is 0.941. The molecule has 0 aliphatic rings. The SMILES string of the molecule is COc1c(CCO)cnn1-c1cccc(Br)c1. The second-order valence-corrected chi connectivity index (χ2v) is 4.46. The predicted octanol–water partition coefficient (Wildman–Crippen LogP) is 2.18. The Morgan fingerprint density at radius 3 is 2.94 bits per heavy atom. The lowest BCUT2D eigenvalue weighted by atomic mass is 10.2. The Bertz CT molecular complexity index is 511. The fourth-order valence-corrected chi connectivity index (χ4v) is 2.06. The molecule has 90 valence electrons. The molecule has 2 aromatic rings. The molecular formula is C12H13BrN2O2. The van der Waals surface area contributed by atoms with E-state index in [-0.39, 0.29) is 6.61 Å². The van der Waals surface area contributed by atoms with Gasteiger partial charge in [0.25, 0.3) is 0 Å². The van der Waals surface area contributed by atoms with Gasteiger partial charge in [0.2, 0.25) is 5.88 Å². The lowest BCUT2D eigenvalue weighted by molar-refractivity contribution is 0.296. The Labute approximate surface area is 108 Å². The van der Waals surface area contributed by atoms with E-state index in [1.54, 1.807) is 18.0 Å². The second-order valence-electron chi connectivity index (χ2n) is 3.54. The molecule has 0 aliphatic heterocycles. The van der Waals surface area contributed by atoms with Gasteiger partial charge in [-0.1, -0.05) is 22.0 Å². The Morgan fingerprint density at radius 2 is 2.29 bits per heavy atom. The maximum atomic E-state index is 8.96. The summed E-state index contributed by atoms with van der Waals surface area (Å²) < 4.78 is 8.04. The van der Waals surface area contributed by atoms with Crippen LogP contribution in [0.4, 0.5) is 0 Å². The molecule has 0 saturated heterocycles. The van der Waals surface area contributed by atoms with Crippen molar-refractivity contribution in [3.05, 3.63) is 40.5 Å². The molecule has 0 saturated carbocycles. The van der Waals surface area contributed by atoms with Crippen LogP contribution in [0.1, 0.15) is 5.56 Å². The van der Waals surface area contributed by atoms with Gasteiger partial charge in [-0.15, -0.1) is 0 Å². The van der Waals surface area contributed by atoms with E-state index in [9.17, 15) is 0 Å². The Balaban J connectivity index is 2.45. The minimum atomic E-state index is 0.0839. The van der Waals surface area contributed by atoms with Crippen molar-refractivity contribution in [3.8, 4) is 11.6 Å². The summed E-state index contributed by atoms with van der Waals surface area (Å²) in [5.74, 6) is 0.664. The van der Waals surface area contributed by atoms with Crippen molar-refractivity contribution in [1.29, 1.82) is 0 Å². The van der Waals surface area contributed by atoms with E-state index in [1.807, 2.05) is 24.3 Å². The first kappa shape index (κ1) is 12.1. The van der Waals surface area contributed by atoms with Crippen LogP contribution in [-0.4, -0.2) is 28.6 Å². The third kappa shape index (κ3) is 2.50. The monoisotopic (exact) mass is 296 g/mol. The van der Waals surface area contributed by atoms with Crippen LogP contribution < -0.4 is 4.74 Å². The Morgan fingerprint density at radius 1 is 1.47 bits per heavy atom. The average molecular weight is 297 g/mol. The van der Waals surface area contributed by atoms with Crippen molar-refractivity contribution in [3.63, 3.8) is 0 Å². The van der Waals surface area contributed by atoms with Crippen molar-refractivity contribution in [2.24, 2.45) is 0 Å². The summed E-state index contributed by atoms with van der Waals surface area (Å²) in [6.45, 7) is 0.0839. The summed E-state index contributed by atoms with van der Waals surface area (Å²) in [4.78, 5) is 0. The van der Waals surface area contributed by atoms with Gasteiger partial charge >= 0.3 is 0 Å². The molecule has 4 nitrogen and oxygen atoms in total. The Kier molecular flexibility index (Phi) is 3.81. The Hall–Kier alpha value is -1.33. The second kappa shape index (κ2) is 5.33. The van der Waals surface area contributed by atoms with Gasteiger partial charge in [0.15, 0.2) is 0 Å². The largest absolute Gasteiger partial charge is 0.481 e. The summed E-state index contributed by atoms with van der Waals surface area (Å²) in [7, 11) is 1.60. The standard InChI is InChI=1S/C12H13BrN2O2/c1-17-12-9(5-6-16)8-14-15(12)11-4-2-3-10(13)7-11/h2-4,7-8,16H,5-6H2,1H3. The zero-order valence-electron chi connectivity index (χ0n) is 9.43. The van der Waals surface area contributed by atoms with Crippen LogP contribution >= 0.6 is 15.9 Å². The highest BCUT2D eigenvalue weighted by atomic mass is 79.9. The van der Waals surface area contributed by atoms with Gasteiger partial charge in [-0.25, -0.2) is 4.68 Å². The zero-order chi connectivity index (χ0) is 12.3. The number of aliphatic hydroxyl groups is 1. The van der Waals surface area contributed by atoms with Crippen LogP contribution in [0.3, 0.4) is 0 Å². The highest BCUT2D eigenvalue weighted by molar-refractivity contribution is 9.10. The topological polar surface area (TPSA) is 47.3 Å². The number of nitrogens with zero attached hydrogens (tertiary/aromatic N) is 2. The number of aromatic nitrogens is 2. The first-order valence-corrected chi connectivity index (χ1v) is 6.03. The van der Waals surface area contributed by atoms with Crippen molar-refractivity contribution in [2.45, 2.75) is 6.42 Å². The molecule has 1 aromatic carbocycles. The molecule has 0 atom stereocenters. The lowest BCUT2D eigenvalue weighted by Crippen LogP contribution is -2.01. The normalized spacial score (nSPS) is 10.5. The number of aliphatic hydroxyl groups excluding tert-OH is 1. The van der Waals surface area contributed by atoms with E-state index in [0.29, 0.717) is 12.3 Å². The van der Waals surface area contributed by atoms with Gasteiger partial charge in [-0.3, -0.25) is 0 Å². The van der Waals surface area contributed by atoms with Crippen molar-refractivity contribution >= 4 is 15.9 Å². The molecule has 0 spiro atoms. The number of halogens is 1. The van der Waals surface area contributed by atoms with Gasteiger partial charge in [0.05, 0.1) is 19.0 Å². The first-order valence-electron chi connectivity index (χ1n) is 5.24. The molecule has 5 heteroatoms. The van der Waals surface area contributed by atoms with E-state index >= 15 is 0 Å². The highest BCUT2D eigenvalue weighted by Gasteiger charge is 2.12. The van der Waals surface area contributed by atoms with E-state index in [2.05, 4.69) is 21.0 Å². The van der Waals surface area contributed by atoms with Gasteiger partial charge in [-0.2, -0.15) is 5.10 Å². The van der Waals surface area contributed by atoms with Crippen LogP contribution in [0.25, 0.3) is 5.69 Å². The van der Waals surface area contributed by atoms with Crippen molar-refractivity contribution in [2.75, 3.05) is 13.7 Å². The van der Waals surface area contributed by atoms with Crippen LogP contribution in [0.15, 0.2) is 34.9 Å². The fourth-order valence-electron chi connectivity index (χ4n) is 1.67. The molecule has 17 heavy (non-hydrogen) atoms. The molecule has 0 aliphatic carbocycles. The predicted molar refractivity (Wildman–Crippen MR) is 68.6 cm³/mol. The van der Waals surface area contributed by atoms with E-state index in [4.69, 9.17) is 9.84 Å². The highest BCUT2D eigenvalue weighted by Crippen LogP contribution is 2.24. The van der Waals surface area contributed by atoms with E-state index in [1.165, 1.54) is 0 Å². The van der Waals surface area contributed by atoms with E-state index < -0.39 is 0 Å². The average Bonchev–Trinajstić information content (AvgIpc) is 2.72. The number of ether oxygens (including phenoxy) is 1. The van der Waals surface area contributed by atoms with Crippen molar-refractivity contribution < 1.29 is 9.84 Å². The lowest BCUT2D eigenvalue weighted by Gasteiger charge is -2.08. The molecule has 0 bridgehead atoms. The summed E-state index contributed by atoms with van der Waals surface area (Å²) in [6.07, 6.45) is 2.26.